The Kier molecular flexibility index (Phi) is 2.57. The number of fused-ring (bicyclic) bond motifs is 2. The Bertz CT molecular complexity index is 367. The molecule has 2 atom stereocenters. The monoisotopic (exact) mass is 265 g/mol. The molecule has 1 nitrogen and oxygen atoms in total. The first-order valence-electron chi connectivity index (χ1n) is 5.82. The van der Waals surface area contributed by atoms with Gasteiger partial charge in [0, 0.05) is 10.5 Å². The molecule has 1 aromatic rings. The van der Waals surface area contributed by atoms with Gasteiger partial charge < -0.3 is 5.32 Å². The summed E-state index contributed by atoms with van der Waals surface area (Å²) in [6.45, 7) is 1.22. The number of piperidine rings is 1. The average Bonchev–Trinajstić information content (AvgIpc) is 2.20. The van der Waals surface area contributed by atoms with Crippen molar-refractivity contribution in [3.8, 4) is 0 Å². The molecule has 1 aromatic carbocycles. The van der Waals surface area contributed by atoms with Crippen molar-refractivity contribution in [2.45, 2.75) is 31.7 Å². The zero-order chi connectivity index (χ0) is 10.3. The second-order valence-corrected chi connectivity index (χ2v) is 5.79. The topological polar surface area (TPSA) is 12.0 Å². The smallest absolute Gasteiger partial charge is 0.0178 e. The van der Waals surface area contributed by atoms with Gasteiger partial charge in [-0.3, -0.25) is 0 Å². The Morgan fingerprint density at radius 1 is 1.13 bits per heavy atom. The Morgan fingerprint density at radius 2 is 2.07 bits per heavy atom. The molecule has 15 heavy (non-hydrogen) atoms. The van der Waals surface area contributed by atoms with Crippen molar-refractivity contribution in [2.24, 2.45) is 5.92 Å². The third-order valence-electron chi connectivity index (χ3n) is 3.76. The summed E-state index contributed by atoms with van der Waals surface area (Å²) in [7, 11) is 0. The molecule has 1 N–H and O–H groups in total. The molecular formula is C13H16BrN. The van der Waals surface area contributed by atoms with Gasteiger partial charge in [0.25, 0.3) is 0 Å². The Hall–Kier alpha value is -0.340. The van der Waals surface area contributed by atoms with Gasteiger partial charge in [-0.2, -0.15) is 0 Å². The number of hydrogen-bond donors (Lipinski definition) is 1. The first-order valence-corrected chi connectivity index (χ1v) is 6.61. The van der Waals surface area contributed by atoms with E-state index in [9.17, 15) is 0 Å². The van der Waals surface area contributed by atoms with E-state index in [4.69, 9.17) is 0 Å². The molecule has 4 rings (SSSR count). The summed E-state index contributed by atoms with van der Waals surface area (Å²) in [6.07, 6.45) is 5.24. The Labute approximate surface area is 99.4 Å². The molecule has 2 bridgehead atoms. The number of nitrogens with one attached hydrogen (secondary N) is 1. The summed E-state index contributed by atoms with van der Waals surface area (Å²) in [5, 5.41) is 3.66. The van der Waals surface area contributed by atoms with Crippen LogP contribution in [-0.4, -0.2) is 12.6 Å². The van der Waals surface area contributed by atoms with E-state index < -0.39 is 0 Å². The zero-order valence-corrected chi connectivity index (χ0v) is 10.4. The normalized spacial score (nSPS) is 29.4. The SMILES string of the molecule is Brc1ccc2c(c1)C[C@@H]1CC[C@H](C2)NC1. The predicted octanol–water partition coefficient (Wildman–Crippen LogP) is 2.92. The highest BCUT2D eigenvalue weighted by atomic mass is 79.9. The molecular weight excluding hydrogens is 250 g/mol. The van der Waals surface area contributed by atoms with Gasteiger partial charge in [0.1, 0.15) is 0 Å². The lowest BCUT2D eigenvalue weighted by atomic mass is 9.81. The number of rotatable bonds is 0. The Morgan fingerprint density at radius 3 is 2.87 bits per heavy atom. The molecule has 0 aromatic heterocycles. The maximum atomic E-state index is 3.66. The zero-order valence-electron chi connectivity index (χ0n) is 8.80. The molecule has 1 saturated heterocycles. The van der Waals surface area contributed by atoms with Crippen molar-refractivity contribution in [3.05, 3.63) is 33.8 Å². The van der Waals surface area contributed by atoms with Crippen LogP contribution in [-0.2, 0) is 12.8 Å². The van der Waals surface area contributed by atoms with Crippen molar-refractivity contribution < 1.29 is 0 Å². The van der Waals surface area contributed by atoms with E-state index in [1.165, 1.54) is 36.7 Å². The van der Waals surface area contributed by atoms with Gasteiger partial charge in [0.05, 0.1) is 0 Å². The maximum Gasteiger partial charge on any atom is 0.0178 e. The van der Waals surface area contributed by atoms with Gasteiger partial charge in [-0.05, 0) is 61.4 Å². The van der Waals surface area contributed by atoms with Crippen LogP contribution in [0.3, 0.4) is 0 Å². The summed E-state index contributed by atoms with van der Waals surface area (Å²) in [4.78, 5) is 0. The van der Waals surface area contributed by atoms with Crippen molar-refractivity contribution >= 4 is 15.9 Å². The van der Waals surface area contributed by atoms with E-state index in [0.717, 1.165) is 12.0 Å². The molecule has 2 heteroatoms. The Balaban J connectivity index is 1.99. The van der Waals surface area contributed by atoms with E-state index in [0.29, 0.717) is 0 Å². The van der Waals surface area contributed by atoms with Crippen LogP contribution in [0.2, 0.25) is 0 Å². The molecule has 1 fully saturated rings. The first-order chi connectivity index (χ1) is 7.31. The lowest BCUT2D eigenvalue weighted by Crippen LogP contribution is -2.42. The number of halogens is 1. The molecule has 0 spiro atoms. The van der Waals surface area contributed by atoms with Crippen molar-refractivity contribution in [2.75, 3.05) is 6.54 Å². The fourth-order valence-electron chi connectivity index (χ4n) is 2.88. The van der Waals surface area contributed by atoms with E-state index >= 15 is 0 Å². The maximum absolute atomic E-state index is 3.66. The minimum Gasteiger partial charge on any atom is -0.313 e. The van der Waals surface area contributed by atoms with Crippen LogP contribution < -0.4 is 5.32 Å². The standard InChI is InChI=1S/C13H16BrN/c14-12-3-2-10-7-13-4-1-9(8-15-13)5-11(10)6-12/h2-3,6,9,13,15H,1,4-5,7-8H2/t9-,13+/m0/s1. The predicted molar refractivity (Wildman–Crippen MR) is 66.1 cm³/mol. The highest BCUT2D eigenvalue weighted by molar-refractivity contribution is 9.10. The van der Waals surface area contributed by atoms with Crippen molar-refractivity contribution in [1.29, 1.82) is 0 Å². The van der Waals surface area contributed by atoms with Gasteiger partial charge >= 0.3 is 0 Å². The minimum atomic E-state index is 0.724. The molecule has 80 valence electrons. The molecule has 1 aliphatic carbocycles. The van der Waals surface area contributed by atoms with Gasteiger partial charge in [-0.25, -0.2) is 0 Å². The molecule has 0 saturated carbocycles. The van der Waals surface area contributed by atoms with E-state index in [1.807, 2.05) is 0 Å². The van der Waals surface area contributed by atoms with Gasteiger partial charge in [-0.15, -0.1) is 0 Å². The minimum absolute atomic E-state index is 0.724. The molecule has 2 heterocycles. The largest absolute Gasteiger partial charge is 0.313 e. The first kappa shape index (κ1) is 9.86. The highest BCUT2D eigenvalue weighted by Crippen LogP contribution is 2.29. The van der Waals surface area contributed by atoms with Crippen LogP contribution in [0.15, 0.2) is 22.7 Å². The van der Waals surface area contributed by atoms with E-state index in [1.54, 1.807) is 11.1 Å². The quantitative estimate of drug-likeness (QED) is 0.761. The second-order valence-electron chi connectivity index (χ2n) is 4.87. The number of benzene rings is 1. The summed E-state index contributed by atoms with van der Waals surface area (Å²) in [5.74, 6) is 0.856. The summed E-state index contributed by atoms with van der Waals surface area (Å²) < 4.78 is 1.23. The molecule has 0 amide bonds. The highest BCUT2D eigenvalue weighted by Gasteiger charge is 2.25. The summed E-state index contributed by atoms with van der Waals surface area (Å²) in [6, 6.07) is 7.51. The van der Waals surface area contributed by atoms with Crippen LogP contribution in [0, 0.1) is 5.92 Å². The molecule has 0 unspecified atom stereocenters. The fraction of sp³-hybridized carbons (Fsp3) is 0.538. The fourth-order valence-corrected chi connectivity index (χ4v) is 3.29. The van der Waals surface area contributed by atoms with Gasteiger partial charge in [0.15, 0.2) is 0 Å². The third kappa shape index (κ3) is 1.98. The van der Waals surface area contributed by atoms with Crippen LogP contribution in [0.4, 0.5) is 0 Å². The molecule has 3 aliphatic rings. The van der Waals surface area contributed by atoms with E-state index in [2.05, 4.69) is 39.4 Å². The van der Waals surface area contributed by atoms with Gasteiger partial charge in [0.2, 0.25) is 0 Å². The lowest BCUT2D eigenvalue weighted by molar-refractivity contribution is 0.296. The molecule has 2 aliphatic heterocycles. The van der Waals surface area contributed by atoms with Crippen LogP contribution >= 0.6 is 15.9 Å². The van der Waals surface area contributed by atoms with Crippen LogP contribution in [0.5, 0.6) is 0 Å². The number of hydrogen-bond acceptors (Lipinski definition) is 1. The summed E-state index contributed by atoms with van der Waals surface area (Å²) >= 11 is 3.57. The van der Waals surface area contributed by atoms with Crippen LogP contribution in [0.1, 0.15) is 24.0 Å². The second kappa shape index (κ2) is 3.91. The van der Waals surface area contributed by atoms with E-state index in [-0.39, 0.29) is 0 Å². The third-order valence-corrected chi connectivity index (χ3v) is 4.26. The van der Waals surface area contributed by atoms with Crippen molar-refractivity contribution in [1.82, 2.24) is 5.32 Å². The van der Waals surface area contributed by atoms with Crippen LogP contribution in [0.25, 0.3) is 0 Å². The summed E-state index contributed by atoms with van der Waals surface area (Å²) in [5.41, 5.74) is 3.13. The molecule has 0 radical (unpaired) electrons. The average molecular weight is 266 g/mol. The van der Waals surface area contributed by atoms with Gasteiger partial charge in [-0.1, -0.05) is 22.0 Å². The van der Waals surface area contributed by atoms with Crippen molar-refractivity contribution in [3.63, 3.8) is 0 Å². The lowest BCUT2D eigenvalue weighted by Gasteiger charge is -2.34.